The van der Waals surface area contributed by atoms with Gasteiger partial charge in [-0.2, -0.15) is 0 Å². The van der Waals surface area contributed by atoms with Gasteiger partial charge in [0.05, 0.1) is 12.8 Å². The number of thiazole rings is 1. The van der Waals surface area contributed by atoms with Gasteiger partial charge in [-0.3, -0.25) is 14.4 Å². The molecule has 3 N–H and O–H groups in total. The Morgan fingerprint density at radius 2 is 1.92 bits per heavy atom. The number of amides is 3. The van der Waals surface area contributed by atoms with Crippen LogP contribution in [-0.2, 0) is 19.1 Å². The van der Waals surface area contributed by atoms with Crippen molar-refractivity contribution in [1.29, 1.82) is 0 Å². The Morgan fingerprint density at radius 3 is 2.58 bits per heavy atom. The molecule has 0 radical (unpaired) electrons. The van der Waals surface area contributed by atoms with E-state index in [4.69, 9.17) is 5.53 Å². The number of nitrogens with one attached hydrogen (secondary N) is 3. The van der Waals surface area contributed by atoms with Crippen molar-refractivity contribution in [3.63, 3.8) is 0 Å². The van der Waals surface area contributed by atoms with Crippen molar-refractivity contribution in [3.8, 4) is 0 Å². The van der Waals surface area contributed by atoms with Crippen LogP contribution in [0.4, 0.5) is 5.13 Å². The van der Waals surface area contributed by atoms with E-state index >= 15 is 0 Å². The van der Waals surface area contributed by atoms with E-state index in [-0.39, 0.29) is 29.0 Å². The number of esters is 1. The number of aromatic nitrogens is 1. The van der Waals surface area contributed by atoms with Crippen molar-refractivity contribution in [2.75, 3.05) is 31.6 Å². The zero-order valence-electron chi connectivity index (χ0n) is 20.1. The molecule has 0 spiro atoms. The van der Waals surface area contributed by atoms with Crippen molar-refractivity contribution in [3.05, 3.63) is 46.1 Å². The lowest BCUT2D eigenvalue weighted by molar-refractivity contribution is -0.137. The van der Waals surface area contributed by atoms with Crippen LogP contribution in [0.3, 0.4) is 0 Å². The summed E-state index contributed by atoms with van der Waals surface area (Å²) in [6, 6.07) is 0.0845. The minimum absolute atomic E-state index is 0.0184. The Hall–Kier alpha value is -3.90. The number of methoxy groups -OCH3 is 1. The van der Waals surface area contributed by atoms with Gasteiger partial charge >= 0.3 is 5.97 Å². The summed E-state index contributed by atoms with van der Waals surface area (Å²) in [6.45, 7) is 8.68. The predicted molar refractivity (Wildman–Crippen MR) is 134 cm³/mol. The number of anilines is 1. The first-order valence-corrected chi connectivity index (χ1v) is 12.2. The third-order valence-corrected chi connectivity index (χ3v) is 6.22. The SMILES string of the molecule is C=C(NC(=O)c1csc(N2CCC(NC(=O)CCCCCN=[N+]=[N-])CC2)n1)C(=O)NC(=C)C(=O)OC. The first kappa shape index (κ1) is 28.3. The number of hydrogen-bond donors (Lipinski definition) is 3. The zero-order valence-corrected chi connectivity index (χ0v) is 20.9. The van der Waals surface area contributed by atoms with Gasteiger partial charge in [-0.05, 0) is 31.2 Å². The molecule has 2 heterocycles. The molecular formula is C22H30N8O5S. The van der Waals surface area contributed by atoms with Crippen LogP contribution in [-0.4, -0.2) is 61.5 Å². The summed E-state index contributed by atoms with van der Waals surface area (Å²) >= 11 is 1.30. The van der Waals surface area contributed by atoms with Crippen LogP contribution in [0.15, 0.2) is 35.0 Å². The van der Waals surface area contributed by atoms with Gasteiger partial charge in [0.25, 0.3) is 11.8 Å². The van der Waals surface area contributed by atoms with Gasteiger partial charge in [-0.1, -0.05) is 24.7 Å². The van der Waals surface area contributed by atoms with Crippen LogP contribution >= 0.6 is 11.3 Å². The maximum atomic E-state index is 12.5. The fourth-order valence-electron chi connectivity index (χ4n) is 3.36. The molecule has 194 valence electrons. The number of hydrogen-bond acceptors (Lipinski definition) is 9. The molecular weight excluding hydrogens is 488 g/mol. The number of rotatable bonds is 13. The molecule has 1 fully saturated rings. The zero-order chi connectivity index (χ0) is 26.5. The summed E-state index contributed by atoms with van der Waals surface area (Å²) in [5, 5.41) is 13.3. The van der Waals surface area contributed by atoms with E-state index in [0.717, 1.165) is 39.2 Å². The van der Waals surface area contributed by atoms with Crippen molar-refractivity contribution < 1.29 is 23.9 Å². The molecule has 36 heavy (non-hydrogen) atoms. The Morgan fingerprint density at radius 1 is 1.19 bits per heavy atom. The molecule has 1 aliphatic rings. The van der Waals surface area contributed by atoms with Gasteiger partial charge in [-0.15, -0.1) is 11.3 Å². The van der Waals surface area contributed by atoms with Crippen molar-refractivity contribution >= 4 is 40.2 Å². The quantitative estimate of drug-likeness (QED) is 0.0893. The standard InChI is InChI=1S/C22H30N8O5S/c1-14(19(32)26-15(2)21(34)35-3)25-20(33)17-13-36-22(28-17)30-11-8-16(9-12-30)27-18(31)7-5-4-6-10-24-29-23/h13,16H,1-2,4-12H2,3H3,(H,25,33)(H,26,32)(H,27,31). The highest BCUT2D eigenvalue weighted by Crippen LogP contribution is 2.24. The van der Waals surface area contributed by atoms with E-state index in [0.29, 0.717) is 31.2 Å². The summed E-state index contributed by atoms with van der Waals surface area (Å²) in [6.07, 6.45) is 4.32. The predicted octanol–water partition coefficient (Wildman–Crippen LogP) is 2.15. The largest absolute Gasteiger partial charge is 0.464 e. The summed E-state index contributed by atoms with van der Waals surface area (Å²) in [4.78, 5) is 57.1. The Labute approximate surface area is 212 Å². The molecule has 1 saturated heterocycles. The second kappa shape index (κ2) is 14.5. The van der Waals surface area contributed by atoms with Gasteiger partial charge in [0.15, 0.2) is 5.13 Å². The fourth-order valence-corrected chi connectivity index (χ4v) is 4.22. The Kier molecular flexibility index (Phi) is 11.4. The molecule has 1 aromatic heterocycles. The Bertz CT molecular complexity index is 1040. The number of carbonyl (C=O) groups excluding carboxylic acids is 4. The lowest BCUT2D eigenvalue weighted by Gasteiger charge is -2.32. The van der Waals surface area contributed by atoms with E-state index in [1.807, 2.05) is 4.90 Å². The summed E-state index contributed by atoms with van der Waals surface area (Å²) in [5.74, 6) is -2.20. The highest BCUT2D eigenvalue weighted by Gasteiger charge is 2.24. The lowest BCUT2D eigenvalue weighted by Crippen LogP contribution is -2.44. The molecule has 2 rings (SSSR count). The third-order valence-electron chi connectivity index (χ3n) is 5.32. The van der Waals surface area contributed by atoms with Crippen LogP contribution in [0, 0.1) is 0 Å². The molecule has 0 aliphatic carbocycles. The average Bonchev–Trinajstić information content (AvgIpc) is 3.36. The molecule has 1 aromatic rings. The number of unbranched alkanes of at least 4 members (excludes halogenated alkanes) is 2. The highest BCUT2D eigenvalue weighted by molar-refractivity contribution is 7.13. The van der Waals surface area contributed by atoms with Gasteiger partial charge in [0, 0.05) is 42.4 Å². The summed E-state index contributed by atoms with van der Waals surface area (Å²) < 4.78 is 4.44. The number of nitrogens with zero attached hydrogens (tertiary/aromatic N) is 5. The molecule has 1 aliphatic heterocycles. The Balaban J connectivity index is 1.75. The lowest BCUT2D eigenvalue weighted by atomic mass is 10.0. The highest BCUT2D eigenvalue weighted by atomic mass is 32.1. The van der Waals surface area contributed by atoms with Crippen molar-refractivity contribution in [2.24, 2.45) is 5.11 Å². The van der Waals surface area contributed by atoms with Gasteiger partial charge in [-0.25, -0.2) is 9.78 Å². The smallest absolute Gasteiger partial charge is 0.353 e. The molecule has 0 bridgehead atoms. The number of ether oxygens (including phenoxy) is 1. The van der Waals surface area contributed by atoms with E-state index in [9.17, 15) is 19.2 Å². The molecule has 0 atom stereocenters. The van der Waals surface area contributed by atoms with Gasteiger partial charge < -0.3 is 25.6 Å². The molecule has 0 saturated carbocycles. The van der Waals surface area contributed by atoms with Crippen LogP contribution in [0.2, 0.25) is 0 Å². The summed E-state index contributed by atoms with van der Waals surface area (Å²) in [5.41, 5.74) is 7.82. The number of azide groups is 1. The number of piperidine rings is 1. The molecule has 0 aromatic carbocycles. The van der Waals surface area contributed by atoms with E-state index in [1.165, 1.54) is 11.3 Å². The molecule has 3 amide bonds. The van der Waals surface area contributed by atoms with Crippen LogP contribution < -0.4 is 20.9 Å². The first-order valence-electron chi connectivity index (χ1n) is 11.3. The second-order valence-electron chi connectivity index (χ2n) is 7.97. The maximum absolute atomic E-state index is 12.5. The van der Waals surface area contributed by atoms with Crippen molar-refractivity contribution in [2.45, 2.75) is 44.6 Å². The van der Waals surface area contributed by atoms with Crippen LogP contribution in [0.5, 0.6) is 0 Å². The minimum Gasteiger partial charge on any atom is -0.464 e. The van der Waals surface area contributed by atoms with Gasteiger partial charge in [0.1, 0.15) is 11.4 Å². The fraction of sp³-hybridized carbons (Fsp3) is 0.500. The minimum atomic E-state index is -0.811. The van der Waals surface area contributed by atoms with Crippen LogP contribution in [0.25, 0.3) is 10.4 Å². The second-order valence-corrected chi connectivity index (χ2v) is 8.80. The summed E-state index contributed by atoms with van der Waals surface area (Å²) in [7, 11) is 1.15. The third kappa shape index (κ3) is 9.04. The monoisotopic (exact) mass is 518 g/mol. The van der Waals surface area contributed by atoms with Gasteiger partial charge in [0.2, 0.25) is 5.91 Å². The first-order chi connectivity index (χ1) is 17.2. The maximum Gasteiger partial charge on any atom is 0.353 e. The number of carbonyl (C=O) groups is 4. The topological polar surface area (TPSA) is 178 Å². The van der Waals surface area contributed by atoms with E-state index in [2.05, 4.69) is 48.9 Å². The molecule has 13 nitrogen and oxygen atoms in total. The van der Waals surface area contributed by atoms with Crippen LogP contribution in [0.1, 0.15) is 49.0 Å². The molecule has 14 heteroatoms. The molecule has 0 unspecified atom stereocenters. The average molecular weight is 519 g/mol. The van der Waals surface area contributed by atoms with E-state index < -0.39 is 17.8 Å². The normalized spacial score (nSPS) is 13.2. The van der Waals surface area contributed by atoms with Crippen molar-refractivity contribution in [1.82, 2.24) is 20.9 Å². The van der Waals surface area contributed by atoms with E-state index in [1.54, 1.807) is 5.38 Å².